The topological polar surface area (TPSA) is 93.8 Å². The zero-order valence-corrected chi connectivity index (χ0v) is 17.1. The van der Waals surface area contributed by atoms with Crippen LogP contribution in [0.2, 0.25) is 0 Å². The fourth-order valence-corrected chi connectivity index (χ4v) is 3.54. The number of carbonyl (C=O) groups excluding carboxylic acids is 2. The van der Waals surface area contributed by atoms with Crippen molar-refractivity contribution in [3.63, 3.8) is 0 Å². The van der Waals surface area contributed by atoms with Gasteiger partial charge in [0, 0.05) is 86.7 Å². The van der Waals surface area contributed by atoms with E-state index in [0.29, 0.717) is 26.2 Å². The highest BCUT2D eigenvalue weighted by molar-refractivity contribution is 5.86. The molecule has 30 heavy (non-hydrogen) atoms. The molecule has 0 atom stereocenters. The predicted octanol–water partition coefficient (Wildman–Crippen LogP) is 2.33. The molecular formula is C22H24N6O2. The van der Waals surface area contributed by atoms with Gasteiger partial charge in [-0.1, -0.05) is 0 Å². The molecule has 0 saturated carbocycles. The Hall–Kier alpha value is -3.68. The predicted molar refractivity (Wildman–Crippen MR) is 116 cm³/mol. The Bertz CT molecular complexity index is 1130. The highest BCUT2D eigenvalue weighted by Gasteiger charge is 2.09. The molecule has 0 fully saturated rings. The lowest BCUT2D eigenvalue weighted by atomic mass is 10.1. The number of fused-ring (bicyclic) bond motifs is 2. The van der Waals surface area contributed by atoms with E-state index in [2.05, 4.69) is 32.7 Å². The van der Waals surface area contributed by atoms with E-state index in [4.69, 9.17) is 0 Å². The minimum Gasteiger partial charge on any atom is -0.355 e. The van der Waals surface area contributed by atoms with Crippen LogP contribution in [0.25, 0.3) is 33.2 Å². The Labute approximate surface area is 173 Å². The molecule has 4 heterocycles. The lowest BCUT2D eigenvalue weighted by molar-refractivity contribution is -0.119. The van der Waals surface area contributed by atoms with Crippen LogP contribution < -0.4 is 10.6 Å². The molecule has 2 N–H and O–H groups in total. The van der Waals surface area contributed by atoms with Crippen molar-refractivity contribution in [2.45, 2.75) is 26.9 Å². The number of pyridine rings is 2. The van der Waals surface area contributed by atoms with Crippen LogP contribution in [-0.2, 0) is 22.7 Å². The number of nitrogens with zero attached hydrogens (tertiary/aromatic N) is 4. The van der Waals surface area contributed by atoms with Gasteiger partial charge in [0.1, 0.15) is 11.3 Å². The van der Waals surface area contributed by atoms with Crippen LogP contribution in [0.4, 0.5) is 0 Å². The van der Waals surface area contributed by atoms with Gasteiger partial charge in [-0.25, -0.2) is 9.97 Å². The molecular weight excluding hydrogens is 380 g/mol. The molecule has 0 aromatic carbocycles. The van der Waals surface area contributed by atoms with Crippen molar-refractivity contribution < 1.29 is 9.59 Å². The monoisotopic (exact) mass is 404 g/mol. The summed E-state index contributed by atoms with van der Waals surface area (Å²) in [5.41, 5.74) is 3.79. The van der Waals surface area contributed by atoms with Gasteiger partial charge in [0.25, 0.3) is 0 Å². The van der Waals surface area contributed by atoms with Crippen LogP contribution in [0.3, 0.4) is 0 Å². The Morgan fingerprint density at radius 3 is 1.63 bits per heavy atom. The molecule has 0 bridgehead atoms. The average Bonchev–Trinajstić information content (AvgIpc) is 3.31. The Kier molecular flexibility index (Phi) is 5.47. The number of rotatable bonds is 7. The number of hydrogen-bond acceptors (Lipinski definition) is 4. The summed E-state index contributed by atoms with van der Waals surface area (Å²) in [5, 5.41) is 7.70. The highest BCUT2D eigenvalue weighted by Crippen LogP contribution is 2.26. The number of hydrogen-bond donors (Lipinski definition) is 2. The molecule has 8 heteroatoms. The summed E-state index contributed by atoms with van der Waals surface area (Å²) in [6, 6.07) is 8.27. The van der Waals surface area contributed by atoms with Crippen LogP contribution >= 0.6 is 0 Å². The van der Waals surface area contributed by atoms with Crippen LogP contribution in [0.5, 0.6) is 0 Å². The second kappa shape index (κ2) is 8.36. The smallest absolute Gasteiger partial charge is 0.216 e. The minimum atomic E-state index is -0.0338. The first-order valence-corrected chi connectivity index (χ1v) is 9.90. The van der Waals surface area contributed by atoms with E-state index in [-0.39, 0.29) is 11.8 Å². The van der Waals surface area contributed by atoms with Crippen molar-refractivity contribution >= 4 is 33.9 Å². The standard InChI is InChI=1S/C22H24N6O2/c1-15(29)23-5-9-27-7-3-17-11-19(13-25-21(17)27)20-12-18-4-8-28(22(18)26-14-20)10-6-24-16(2)30/h3-4,7-8,11-14H,5-6,9-10H2,1-2H3,(H,23,29)(H,24,30). The van der Waals surface area contributed by atoms with Crippen LogP contribution in [0, 0.1) is 0 Å². The van der Waals surface area contributed by atoms with Crippen molar-refractivity contribution in [2.24, 2.45) is 0 Å². The van der Waals surface area contributed by atoms with E-state index in [1.165, 1.54) is 13.8 Å². The van der Waals surface area contributed by atoms with Crippen molar-refractivity contribution in [3.8, 4) is 11.1 Å². The van der Waals surface area contributed by atoms with Crippen molar-refractivity contribution in [1.82, 2.24) is 29.7 Å². The third kappa shape index (κ3) is 4.17. The molecule has 0 spiro atoms. The molecule has 0 aliphatic heterocycles. The fraction of sp³-hybridized carbons (Fsp3) is 0.273. The van der Waals surface area contributed by atoms with Gasteiger partial charge in [0.15, 0.2) is 0 Å². The van der Waals surface area contributed by atoms with Gasteiger partial charge in [0.05, 0.1) is 0 Å². The summed E-state index contributed by atoms with van der Waals surface area (Å²) < 4.78 is 4.07. The quantitative estimate of drug-likeness (QED) is 0.494. The lowest BCUT2D eigenvalue weighted by Gasteiger charge is -2.07. The number of carbonyl (C=O) groups is 2. The minimum absolute atomic E-state index is 0.0338. The summed E-state index contributed by atoms with van der Waals surface area (Å²) >= 11 is 0. The second-order valence-electron chi connectivity index (χ2n) is 7.26. The second-order valence-corrected chi connectivity index (χ2v) is 7.26. The zero-order valence-electron chi connectivity index (χ0n) is 17.1. The maximum absolute atomic E-state index is 11.1. The molecule has 0 radical (unpaired) electrons. The lowest BCUT2D eigenvalue weighted by Crippen LogP contribution is -2.24. The molecule has 2 amide bonds. The van der Waals surface area contributed by atoms with E-state index < -0.39 is 0 Å². The highest BCUT2D eigenvalue weighted by atomic mass is 16.2. The summed E-state index contributed by atoms with van der Waals surface area (Å²) in [4.78, 5) is 31.4. The van der Waals surface area contributed by atoms with E-state index in [0.717, 1.165) is 33.2 Å². The number of amides is 2. The molecule has 4 aromatic heterocycles. The third-order valence-electron chi connectivity index (χ3n) is 4.99. The maximum atomic E-state index is 11.1. The molecule has 0 aliphatic carbocycles. The van der Waals surface area contributed by atoms with Gasteiger partial charge >= 0.3 is 0 Å². The third-order valence-corrected chi connectivity index (χ3v) is 4.99. The first-order chi connectivity index (χ1) is 14.5. The van der Waals surface area contributed by atoms with E-state index in [1.807, 2.05) is 46.1 Å². The summed E-state index contributed by atoms with van der Waals surface area (Å²) in [6.07, 6.45) is 7.68. The van der Waals surface area contributed by atoms with Crippen LogP contribution in [0.1, 0.15) is 13.8 Å². The first kappa shape index (κ1) is 19.6. The molecule has 8 nitrogen and oxygen atoms in total. The SMILES string of the molecule is CC(=O)NCCn1ccc2cc(-c3cnc4c(ccn4CCNC(C)=O)c3)cnc21. The van der Waals surface area contributed by atoms with E-state index in [9.17, 15) is 9.59 Å². The normalized spacial score (nSPS) is 11.1. The number of aromatic nitrogens is 4. The molecule has 0 unspecified atom stereocenters. The Balaban J connectivity index is 1.54. The summed E-state index contributed by atoms with van der Waals surface area (Å²) in [5.74, 6) is -0.0675. The molecule has 4 aromatic rings. The average molecular weight is 404 g/mol. The van der Waals surface area contributed by atoms with Crippen molar-refractivity contribution in [1.29, 1.82) is 0 Å². The van der Waals surface area contributed by atoms with Gasteiger partial charge in [0.2, 0.25) is 11.8 Å². The maximum Gasteiger partial charge on any atom is 0.216 e. The molecule has 0 saturated heterocycles. The Morgan fingerprint density at radius 1 is 0.800 bits per heavy atom. The Morgan fingerprint density at radius 2 is 1.23 bits per heavy atom. The van der Waals surface area contributed by atoms with Gasteiger partial charge in [-0.3, -0.25) is 9.59 Å². The van der Waals surface area contributed by atoms with Crippen molar-refractivity contribution in [3.05, 3.63) is 49.1 Å². The number of nitrogens with one attached hydrogen (secondary N) is 2. The van der Waals surface area contributed by atoms with Crippen LogP contribution in [0.15, 0.2) is 49.1 Å². The first-order valence-electron chi connectivity index (χ1n) is 9.90. The van der Waals surface area contributed by atoms with Gasteiger partial charge in [-0.2, -0.15) is 0 Å². The zero-order chi connectivity index (χ0) is 21.1. The van der Waals surface area contributed by atoms with Gasteiger partial charge in [-0.05, 0) is 24.3 Å². The molecule has 0 aliphatic rings. The summed E-state index contributed by atoms with van der Waals surface area (Å²) in [6.45, 7) is 5.52. The van der Waals surface area contributed by atoms with Gasteiger partial charge < -0.3 is 19.8 Å². The van der Waals surface area contributed by atoms with Crippen molar-refractivity contribution in [2.75, 3.05) is 13.1 Å². The largest absolute Gasteiger partial charge is 0.355 e. The van der Waals surface area contributed by atoms with Crippen LogP contribution in [-0.4, -0.2) is 44.0 Å². The van der Waals surface area contributed by atoms with E-state index >= 15 is 0 Å². The van der Waals surface area contributed by atoms with E-state index in [1.54, 1.807) is 0 Å². The molecule has 4 rings (SSSR count). The van der Waals surface area contributed by atoms with Gasteiger partial charge in [-0.15, -0.1) is 0 Å². The molecule has 154 valence electrons. The summed E-state index contributed by atoms with van der Waals surface area (Å²) in [7, 11) is 0. The fourth-order valence-electron chi connectivity index (χ4n) is 3.54.